The summed E-state index contributed by atoms with van der Waals surface area (Å²) < 4.78 is 8.79. The minimum Gasteiger partial charge on any atom is -0.437 e. The molecule has 0 N–H and O–H groups in total. The normalized spacial score (nSPS) is 17.3. The van der Waals surface area contributed by atoms with E-state index in [1.807, 2.05) is 0 Å². The number of furan rings is 1. The molecule has 3 nitrogen and oxygen atoms in total. The predicted molar refractivity (Wildman–Crippen MR) is 128 cm³/mol. The topological polar surface area (TPSA) is 29.9 Å². The van der Waals surface area contributed by atoms with Crippen LogP contribution in [0, 0.1) is 20.8 Å². The lowest BCUT2D eigenvalue weighted by Crippen LogP contribution is -2.34. The SMILES string of the molecule is Cc1cc[n+](C)c(-c2c(C)cc(C)c3c2oc2ncc4c(c23)C(C)(C)CCC4(C)C)c1. The highest BCUT2D eigenvalue weighted by atomic mass is 16.3. The van der Waals surface area contributed by atoms with Crippen molar-refractivity contribution in [2.75, 3.05) is 0 Å². The Bertz CT molecular complexity index is 1370. The van der Waals surface area contributed by atoms with E-state index >= 15 is 0 Å². The molecular formula is C28H33N2O+. The van der Waals surface area contributed by atoms with E-state index < -0.39 is 0 Å². The molecule has 0 saturated carbocycles. The van der Waals surface area contributed by atoms with Crippen LogP contribution in [0.1, 0.15) is 68.4 Å². The predicted octanol–water partition coefficient (Wildman–Crippen LogP) is 6.75. The van der Waals surface area contributed by atoms with E-state index in [-0.39, 0.29) is 10.8 Å². The third-order valence-corrected chi connectivity index (χ3v) is 7.51. The molecule has 3 heteroatoms. The summed E-state index contributed by atoms with van der Waals surface area (Å²) in [5.74, 6) is 0. The van der Waals surface area contributed by atoms with Crippen LogP contribution in [0.15, 0.2) is 35.0 Å². The van der Waals surface area contributed by atoms with Gasteiger partial charge in [0, 0.05) is 23.7 Å². The zero-order valence-corrected chi connectivity index (χ0v) is 20.1. The standard InChI is InChI=1S/C28H33N2O/c1-16-9-12-30(8)20(13-16)21-17(2)14-18(3)22-23-24-19(15-29-26(23)31-25(21)22)27(4,5)10-11-28(24,6)7/h9,12-15H,10-11H2,1-8H3/q+1. The third-order valence-electron chi connectivity index (χ3n) is 7.51. The number of rotatable bonds is 1. The van der Waals surface area contributed by atoms with Gasteiger partial charge in [-0.1, -0.05) is 33.8 Å². The second-order valence-electron chi connectivity index (χ2n) is 10.9. The molecule has 4 aromatic rings. The molecule has 0 amide bonds. The molecule has 0 bridgehead atoms. The van der Waals surface area contributed by atoms with Crippen LogP contribution in [0.25, 0.3) is 33.3 Å². The monoisotopic (exact) mass is 413 g/mol. The number of pyridine rings is 2. The second kappa shape index (κ2) is 6.41. The number of fused-ring (bicyclic) bond motifs is 5. The van der Waals surface area contributed by atoms with Crippen LogP contribution >= 0.6 is 0 Å². The zero-order chi connectivity index (χ0) is 22.3. The summed E-state index contributed by atoms with van der Waals surface area (Å²) >= 11 is 0. The van der Waals surface area contributed by atoms with Crippen LogP contribution in [0.5, 0.6) is 0 Å². The molecule has 0 saturated heterocycles. The Hall–Kier alpha value is -2.68. The largest absolute Gasteiger partial charge is 0.437 e. The smallest absolute Gasteiger partial charge is 0.227 e. The average molecular weight is 414 g/mol. The van der Waals surface area contributed by atoms with Gasteiger partial charge in [-0.25, -0.2) is 9.55 Å². The molecule has 0 spiro atoms. The Balaban J connectivity index is 1.98. The zero-order valence-electron chi connectivity index (χ0n) is 20.1. The quantitative estimate of drug-likeness (QED) is 0.323. The fourth-order valence-corrected chi connectivity index (χ4v) is 5.61. The highest BCUT2D eigenvalue weighted by molar-refractivity contribution is 6.12. The molecule has 1 aliphatic rings. The highest BCUT2D eigenvalue weighted by Crippen LogP contribution is 2.51. The Morgan fingerprint density at radius 1 is 0.935 bits per heavy atom. The van der Waals surface area contributed by atoms with Gasteiger partial charge in [0.1, 0.15) is 7.05 Å². The molecule has 3 heterocycles. The van der Waals surface area contributed by atoms with Gasteiger partial charge in [-0.05, 0) is 72.3 Å². The minimum absolute atomic E-state index is 0.0916. The van der Waals surface area contributed by atoms with E-state index in [0.717, 1.165) is 11.3 Å². The number of benzene rings is 1. The lowest BCUT2D eigenvalue weighted by molar-refractivity contribution is -0.660. The van der Waals surface area contributed by atoms with Crippen LogP contribution in [0.4, 0.5) is 0 Å². The van der Waals surface area contributed by atoms with Gasteiger partial charge in [0.15, 0.2) is 11.8 Å². The Labute approximate surface area is 185 Å². The third kappa shape index (κ3) is 2.86. The van der Waals surface area contributed by atoms with Crippen LogP contribution < -0.4 is 4.57 Å². The lowest BCUT2D eigenvalue weighted by atomic mass is 9.63. The van der Waals surface area contributed by atoms with Crippen molar-refractivity contribution < 1.29 is 8.98 Å². The van der Waals surface area contributed by atoms with Crippen molar-refractivity contribution in [2.45, 2.75) is 72.1 Å². The maximum Gasteiger partial charge on any atom is 0.227 e. The summed E-state index contributed by atoms with van der Waals surface area (Å²) in [5, 5.41) is 2.45. The van der Waals surface area contributed by atoms with Crippen LogP contribution in [0.3, 0.4) is 0 Å². The number of aryl methyl sites for hydroxylation is 4. The Kier molecular flexibility index (Phi) is 4.19. The van der Waals surface area contributed by atoms with E-state index in [1.165, 1.54) is 62.7 Å². The minimum atomic E-state index is 0.0916. The van der Waals surface area contributed by atoms with E-state index in [2.05, 4.69) is 90.7 Å². The van der Waals surface area contributed by atoms with Crippen molar-refractivity contribution in [3.8, 4) is 11.3 Å². The maximum atomic E-state index is 6.60. The van der Waals surface area contributed by atoms with Gasteiger partial charge < -0.3 is 4.42 Å². The number of hydrogen-bond acceptors (Lipinski definition) is 2. The summed E-state index contributed by atoms with van der Waals surface area (Å²) in [5.41, 5.74) is 10.9. The molecular weight excluding hydrogens is 380 g/mol. The molecule has 0 atom stereocenters. The average Bonchev–Trinajstić information content (AvgIpc) is 3.07. The summed E-state index contributed by atoms with van der Waals surface area (Å²) in [6.45, 7) is 16.0. The molecule has 1 aromatic carbocycles. The van der Waals surface area contributed by atoms with Crippen molar-refractivity contribution in [1.29, 1.82) is 0 Å². The van der Waals surface area contributed by atoms with Gasteiger partial charge in [0.2, 0.25) is 11.4 Å². The molecule has 0 fully saturated rings. The number of hydrogen-bond donors (Lipinski definition) is 0. The first-order valence-electron chi connectivity index (χ1n) is 11.3. The number of aromatic nitrogens is 2. The van der Waals surface area contributed by atoms with Gasteiger partial charge in [0.25, 0.3) is 0 Å². The molecule has 0 unspecified atom stereocenters. The van der Waals surface area contributed by atoms with Crippen molar-refractivity contribution in [3.63, 3.8) is 0 Å². The van der Waals surface area contributed by atoms with E-state index in [0.29, 0.717) is 0 Å². The van der Waals surface area contributed by atoms with Crippen molar-refractivity contribution in [3.05, 3.63) is 58.4 Å². The van der Waals surface area contributed by atoms with Gasteiger partial charge in [0.05, 0.1) is 10.9 Å². The molecule has 0 radical (unpaired) electrons. The first-order valence-corrected chi connectivity index (χ1v) is 11.3. The van der Waals surface area contributed by atoms with Crippen molar-refractivity contribution in [1.82, 2.24) is 4.98 Å². The molecule has 1 aliphatic carbocycles. The second-order valence-corrected chi connectivity index (χ2v) is 10.9. The maximum absolute atomic E-state index is 6.60. The van der Waals surface area contributed by atoms with E-state index in [4.69, 9.17) is 9.40 Å². The van der Waals surface area contributed by atoms with Crippen LogP contribution in [0.2, 0.25) is 0 Å². The van der Waals surface area contributed by atoms with Gasteiger partial charge >= 0.3 is 0 Å². The van der Waals surface area contributed by atoms with Crippen molar-refractivity contribution in [2.24, 2.45) is 7.05 Å². The molecule has 5 rings (SSSR count). The fourth-order valence-electron chi connectivity index (χ4n) is 5.61. The summed E-state index contributed by atoms with van der Waals surface area (Å²) in [7, 11) is 2.11. The van der Waals surface area contributed by atoms with Gasteiger partial charge in [-0.15, -0.1) is 0 Å². The Morgan fingerprint density at radius 3 is 2.39 bits per heavy atom. The highest BCUT2D eigenvalue weighted by Gasteiger charge is 2.40. The summed E-state index contributed by atoms with van der Waals surface area (Å²) in [6.07, 6.45) is 6.56. The van der Waals surface area contributed by atoms with E-state index in [9.17, 15) is 0 Å². The summed E-state index contributed by atoms with van der Waals surface area (Å²) in [6, 6.07) is 6.71. The Morgan fingerprint density at radius 2 is 1.65 bits per heavy atom. The fraction of sp³-hybridized carbons (Fsp3) is 0.429. The van der Waals surface area contributed by atoms with Crippen molar-refractivity contribution >= 4 is 22.1 Å². The van der Waals surface area contributed by atoms with Crippen LogP contribution in [-0.2, 0) is 17.9 Å². The molecule has 0 aliphatic heterocycles. The lowest BCUT2D eigenvalue weighted by Gasteiger charge is -2.41. The van der Waals surface area contributed by atoms with Crippen LogP contribution in [-0.4, -0.2) is 4.98 Å². The van der Waals surface area contributed by atoms with Gasteiger partial charge in [-0.3, -0.25) is 0 Å². The number of nitrogens with zero attached hydrogens (tertiary/aromatic N) is 2. The molecule has 160 valence electrons. The first-order chi connectivity index (χ1) is 14.5. The summed E-state index contributed by atoms with van der Waals surface area (Å²) in [4.78, 5) is 4.86. The molecule has 31 heavy (non-hydrogen) atoms. The van der Waals surface area contributed by atoms with Gasteiger partial charge in [-0.2, -0.15) is 0 Å². The molecule has 3 aromatic heterocycles. The first kappa shape index (κ1) is 20.2. The van der Waals surface area contributed by atoms with E-state index in [1.54, 1.807) is 0 Å².